The number of hydrogen-bond acceptors (Lipinski definition) is 8. The molecule has 216 valence electrons. The van der Waals surface area contributed by atoms with E-state index in [0.29, 0.717) is 36.2 Å². The lowest BCUT2D eigenvalue weighted by Crippen LogP contribution is -2.56. The number of anilines is 3. The largest absolute Gasteiger partial charge is 0.475 e. The number of piperidine rings is 1. The Morgan fingerprint density at radius 1 is 1.20 bits per heavy atom. The molecule has 1 aromatic carbocycles. The fraction of sp³-hybridized carbons (Fsp3) is 0.429. The van der Waals surface area contributed by atoms with Gasteiger partial charge in [0.25, 0.3) is 0 Å². The molecule has 5 heterocycles. The van der Waals surface area contributed by atoms with Crippen LogP contribution >= 0.6 is 0 Å². The van der Waals surface area contributed by atoms with E-state index in [1.165, 1.54) is 18.3 Å². The molecule has 2 fully saturated rings. The zero-order valence-corrected chi connectivity index (χ0v) is 22.5. The molecule has 6 rings (SSSR count). The van der Waals surface area contributed by atoms with E-state index in [2.05, 4.69) is 25.2 Å². The SMILES string of the molecule is CC1(C)OC[C@@H](COc2ccc(NC(=O)N3c4nc(-c5cccc(C(F)(F)F)c5)ncc4N4CCC[C@H]3C4)cn2)O1. The van der Waals surface area contributed by atoms with Crippen molar-refractivity contribution in [2.45, 2.75) is 50.8 Å². The summed E-state index contributed by atoms with van der Waals surface area (Å²) in [5, 5.41) is 2.88. The number of urea groups is 1. The summed E-state index contributed by atoms with van der Waals surface area (Å²) >= 11 is 0. The van der Waals surface area contributed by atoms with Crippen molar-refractivity contribution in [2.75, 3.05) is 41.4 Å². The van der Waals surface area contributed by atoms with Gasteiger partial charge in [0.1, 0.15) is 12.7 Å². The lowest BCUT2D eigenvalue weighted by molar-refractivity contribution is -0.141. The van der Waals surface area contributed by atoms with E-state index < -0.39 is 23.6 Å². The Morgan fingerprint density at radius 2 is 2.05 bits per heavy atom. The highest BCUT2D eigenvalue weighted by molar-refractivity contribution is 6.04. The third-order valence-electron chi connectivity index (χ3n) is 7.22. The molecule has 2 amide bonds. The van der Waals surface area contributed by atoms with Crippen molar-refractivity contribution in [1.29, 1.82) is 0 Å². The van der Waals surface area contributed by atoms with Gasteiger partial charge < -0.3 is 24.4 Å². The second-order valence-corrected chi connectivity index (χ2v) is 10.7. The molecule has 0 radical (unpaired) electrons. The number of alkyl halides is 3. The lowest BCUT2D eigenvalue weighted by atomic mass is 10.0. The van der Waals surface area contributed by atoms with Crippen molar-refractivity contribution in [3.8, 4) is 17.3 Å². The van der Waals surface area contributed by atoms with Gasteiger partial charge in [-0.3, -0.25) is 4.90 Å². The maximum Gasteiger partial charge on any atom is 0.416 e. The van der Waals surface area contributed by atoms with Crippen molar-refractivity contribution in [3.05, 3.63) is 54.4 Å². The third-order valence-corrected chi connectivity index (χ3v) is 7.22. The van der Waals surface area contributed by atoms with Crippen LogP contribution in [0, 0.1) is 0 Å². The highest BCUT2D eigenvalue weighted by Crippen LogP contribution is 2.39. The van der Waals surface area contributed by atoms with Crippen LogP contribution in [0.1, 0.15) is 32.3 Å². The van der Waals surface area contributed by atoms with Crippen LogP contribution in [0.4, 0.5) is 35.2 Å². The zero-order valence-electron chi connectivity index (χ0n) is 22.5. The standard InChI is InChI=1S/C28H29F3N6O4/c1-27(2)40-16-21(41-27)15-39-23-9-8-19(12-32-23)34-26(38)37-20-7-4-10-36(14-20)22-13-33-24(35-25(22)37)17-5-3-6-18(11-17)28(29,30)31/h3,5-6,8-9,11-13,20-21H,4,7,10,14-16H2,1-2H3,(H,34,38)/t20-,21+/m0/s1. The number of benzene rings is 1. The van der Waals surface area contributed by atoms with Crippen LogP contribution in [0.5, 0.6) is 5.88 Å². The second kappa shape index (κ2) is 10.5. The van der Waals surface area contributed by atoms with Crippen molar-refractivity contribution < 1.29 is 32.2 Å². The van der Waals surface area contributed by atoms with E-state index in [9.17, 15) is 18.0 Å². The minimum Gasteiger partial charge on any atom is -0.475 e. The van der Waals surface area contributed by atoms with Gasteiger partial charge in [0.15, 0.2) is 17.4 Å². The molecule has 0 unspecified atom stereocenters. The molecule has 2 aromatic heterocycles. The van der Waals surface area contributed by atoms with Crippen LogP contribution in [0.3, 0.4) is 0 Å². The zero-order chi connectivity index (χ0) is 28.8. The first-order valence-electron chi connectivity index (χ1n) is 13.4. The molecule has 3 aliphatic rings. The number of nitrogens with one attached hydrogen (secondary N) is 1. The van der Waals surface area contributed by atoms with E-state index in [0.717, 1.165) is 31.5 Å². The Labute approximate surface area is 234 Å². The smallest absolute Gasteiger partial charge is 0.416 e. The Kier molecular flexibility index (Phi) is 6.94. The molecular weight excluding hydrogens is 541 g/mol. The number of carbonyl (C=O) groups is 1. The summed E-state index contributed by atoms with van der Waals surface area (Å²) in [6.07, 6.45) is 0.0137. The number of rotatable bonds is 5. The van der Waals surface area contributed by atoms with Crippen molar-refractivity contribution in [3.63, 3.8) is 0 Å². The van der Waals surface area contributed by atoms with Gasteiger partial charge in [-0.05, 0) is 44.9 Å². The minimum atomic E-state index is -4.50. The second-order valence-electron chi connectivity index (χ2n) is 10.7. The molecule has 10 nitrogen and oxygen atoms in total. The molecule has 13 heteroatoms. The Hall–Kier alpha value is -3.97. The first kappa shape index (κ1) is 27.2. The van der Waals surface area contributed by atoms with E-state index >= 15 is 0 Å². The van der Waals surface area contributed by atoms with E-state index in [1.54, 1.807) is 23.2 Å². The average Bonchev–Trinajstić information content (AvgIpc) is 3.30. The summed E-state index contributed by atoms with van der Waals surface area (Å²) in [5.74, 6) is 0.199. The topological polar surface area (TPSA) is 102 Å². The first-order valence-corrected chi connectivity index (χ1v) is 13.4. The highest BCUT2D eigenvalue weighted by atomic mass is 19.4. The first-order chi connectivity index (χ1) is 19.6. The Morgan fingerprint density at radius 3 is 2.78 bits per heavy atom. The number of carbonyl (C=O) groups excluding carboxylic acids is 1. The van der Waals surface area contributed by atoms with E-state index in [4.69, 9.17) is 14.2 Å². The summed E-state index contributed by atoms with van der Waals surface area (Å²) < 4.78 is 56.9. The summed E-state index contributed by atoms with van der Waals surface area (Å²) in [7, 11) is 0. The maximum atomic E-state index is 13.6. The molecule has 0 saturated carbocycles. The predicted molar refractivity (Wildman–Crippen MR) is 144 cm³/mol. The Balaban J connectivity index is 1.21. The maximum absolute atomic E-state index is 13.6. The summed E-state index contributed by atoms with van der Waals surface area (Å²) in [6, 6.07) is 7.61. The predicted octanol–water partition coefficient (Wildman–Crippen LogP) is 5.11. The van der Waals surface area contributed by atoms with Gasteiger partial charge in [-0.1, -0.05) is 12.1 Å². The fourth-order valence-corrected chi connectivity index (χ4v) is 5.31. The Bertz CT molecular complexity index is 1440. The van der Waals surface area contributed by atoms with Gasteiger partial charge >= 0.3 is 12.2 Å². The number of amides is 2. The van der Waals surface area contributed by atoms with E-state index in [1.807, 2.05) is 13.8 Å². The molecule has 0 aliphatic carbocycles. The molecular formula is C28H29F3N6O4. The van der Waals surface area contributed by atoms with Gasteiger partial charge in [-0.15, -0.1) is 0 Å². The average molecular weight is 571 g/mol. The highest BCUT2D eigenvalue weighted by Gasteiger charge is 2.39. The monoisotopic (exact) mass is 570 g/mol. The number of aromatic nitrogens is 3. The van der Waals surface area contributed by atoms with Gasteiger partial charge in [0.2, 0.25) is 5.88 Å². The molecule has 2 bridgehead atoms. The van der Waals surface area contributed by atoms with E-state index in [-0.39, 0.29) is 30.1 Å². The molecule has 3 aliphatic heterocycles. The van der Waals surface area contributed by atoms with Crippen LogP contribution in [-0.2, 0) is 15.7 Å². The lowest BCUT2D eigenvalue weighted by Gasteiger charge is -2.45. The van der Waals surface area contributed by atoms with Crippen LogP contribution in [0.2, 0.25) is 0 Å². The van der Waals surface area contributed by atoms with Crippen LogP contribution in [0.25, 0.3) is 11.4 Å². The quantitative estimate of drug-likeness (QED) is 0.452. The molecule has 3 aromatic rings. The normalized spacial score (nSPS) is 21.4. The number of pyridine rings is 1. The van der Waals surface area contributed by atoms with Crippen molar-refractivity contribution in [1.82, 2.24) is 15.0 Å². The van der Waals surface area contributed by atoms with Crippen LogP contribution in [-0.4, -0.2) is 65.2 Å². The number of halogens is 3. The van der Waals surface area contributed by atoms with Crippen LogP contribution in [0.15, 0.2) is 48.8 Å². The number of nitrogens with zero attached hydrogens (tertiary/aromatic N) is 5. The molecule has 2 atom stereocenters. The summed E-state index contributed by atoms with van der Waals surface area (Å²) in [5.41, 5.74) is 0.539. The summed E-state index contributed by atoms with van der Waals surface area (Å²) in [6.45, 7) is 5.78. The van der Waals surface area contributed by atoms with Crippen LogP contribution < -0.4 is 19.9 Å². The summed E-state index contributed by atoms with van der Waals surface area (Å²) in [4.78, 5) is 30.5. The number of fused-ring (bicyclic) bond motifs is 4. The molecule has 1 N–H and O–H groups in total. The van der Waals surface area contributed by atoms with Crippen molar-refractivity contribution in [2.24, 2.45) is 0 Å². The molecule has 0 spiro atoms. The fourth-order valence-electron chi connectivity index (χ4n) is 5.31. The van der Waals surface area contributed by atoms with Gasteiger partial charge in [-0.25, -0.2) is 19.7 Å². The van der Waals surface area contributed by atoms with Gasteiger partial charge in [0.05, 0.1) is 42.0 Å². The number of hydrogen-bond donors (Lipinski definition) is 1. The van der Waals surface area contributed by atoms with Gasteiger partial charge in [-0.2, -0.15) is 13.2 Å². The third kappa shape index (κ3) is 5.77. The number of ether oxygens (including phenoxy) is 3. The van der Waals surface area contributed by atoms with Gasteiger partial charge in [0, 0.05) is 24.7 Å². The minimum absolute atomic E-state index is 0.108. The molecule has 2 saturated heterocycles. The van der Waals surface area contributed by atoms with Crippen molar-refractivity contribution >= 4 is 23.2 Å². The molecule has 41 heavy (non-hydrogen) atoms.